The number of carbonyl (C=O) groups is 1. The van der Waals surface area contributed by atoms with E-state index in [0.717, 1.165) is 34.9 Å². The molecule has 5 rings (SSSR count). The minimum Gasteiger partial charge on any atom is -0.324 e. The first kappa shape index (κ1) is 23.1. The molecule has 0 radical (unpaired) electrons. The van der Waals surface area contributed by atoms with Crippen molar-refractivity contribution in [1.82, 2.24) is 0 Å². The van der Waals surface area contributed by atoms with Crippen molar-refractivity contribution in [1.29, 1.82) is 0 Å². The summed E-state index contributed by atoms with van der Waals surface area (Å²) in [6.45, 7) is 5.41. The fraction of sp³-hybridized carbons (Fsp3) is 0.207. The Bertz CT molecular complexity index is 1530. The smallest absolute Gasteiger partial charge is 0.264 e. The Kier molecular flexibility index (Phi) is 5.85. The molecule has 4 aromatic rings. The van der Waals surface area contributed by atoms with Gasteiger partial charge in [-0.15, -0.1) is 0 Å². The summed E-state index contributed by atoms with van der Waals surface area (Å²) in [7, 11) is -3.97. The quantitative estimate of drug-likeness (QED) is 0.382. The normalized spacial score (nSPS) is 12.7. The Labute approximate surface area is 206 Å². The fourth-order valence-corrected chi connectivity index (χ4v) is 6.33. The standard InChI is InChI=1S/C29H28N2O3S/c1-19-7-12-25(13-8-19)35(33,34)31(24-16-20(2)15-21(3)17-24)18-28(32)30-27-14-11-23-10-9-22-5-4-6-26(27)29(22)23/h4-8,11-17H,9-10,18H2,1-3H3,(H,30,32). The summed E-state index contributed by atoms with van der Waals surface area (Å²) in [5, 5.41) is 5.17. The van der Waals surface area contributed by atoms with Gasteiger partial charge in [0.05, 0.1) is 10.6 Å². The van der Waals surface area contributed by atoms with Crippen molar-refractivity contribution in [2.75, 3.05) is 16.2 Å². The van der Waals surface area contributed by atoms with Gasteiger partial charge in [-0.1, -0.05) is 48.0 Å². The van der Waals surface area contributed by atoms with E-state index in [1.165, 1.54) is 20.8 Å². The second-order valence-electron chi connectivity index (χ2n) is 9.33. The molecule has 0 unspecified atom stereocenters. The number of anilines is 2. The zero-order valence-corrected chi connectivity index (χ0v) is 20.9. The first-order valence-corrected chi connectivity index (χ1v) is 13.2. The lowest BCUT2D eigenvalue weighted by Crippen LogP contribution is -2.38. The van der Waals surface area contributed by atoms with Crippen LogP contribution in [-0.4, -0.2) is 20.9 Å². The summed E-state index contributed by atoms with van der Waals surface area (Å²) < 4.78 is 28.6. The van der Waals surface area contributed by atoms with Crippen molar-refractivity contribution in [3.63, 3.8) is 0 Å². The monoisotopic (exact) mass is 484 g/mol. The number of aryl methyl sites for hydroxylation is 5. The van der Waals surface area contributed by atoms with E-state index < -0.39 is 15.9 Å². The zero-order chi connectivity index (χ0) is 24.7. The van der Waals surface area contributed by atoms with Crippen LogP contribution in [0.4, 0.5) is 11.4 Å². The number of amides is 1. The van der Waals surface area contributed by atoms with Crippen molar-refractivity contribution in [2.45, 2.75) is 38.5 Å². The largest absolute Gasteiger partial charge is 0.324 e. The van der Waals surface area contributed by atoms with E-state index in [9.17, 15) is 13.2 Å². The van der Waals surface area contributed by atoms with Gasteiger partial charge in [0.2, 0.25) is 5.91 Å². The lowest BCUT2D eigenvalue weighted by molar-refractivity contribution is -0.114. The van der Waals surface area contributed by atoms with Crippen LogP contribution in [0.1, 0.15) is 27.8 Å². The molecule has 1 aliphatic rings. The predicted octanol–water partition coefficient (Wildman–Crippen LogP) is 5.70. The summed E-state index contributed by atoms with van der Waals surface area (Å²) >= 11 is 0. The highest BCUT2D eigenvalue weighted by molar-refractivity contribution is 7.92. The minimum absolute atomic E-state index is 0.153. The SMILES string of the molecule is Cc1ccc(S(=O)(=O)N(CC(=O)Nc2ccc3c4c(cccc24)CC3)c2cc(C)cc(C)c2)cc1. The Morgan fingerprint density at radius 3 is 2.17 bits per heavy atom. The summed E-state index contributed by atoms with van der Waals surface area (Å²) in [6.07, 6.45) is 2.00. The second-order valence-corrected chi connectivity index (χ2v) is 11.2. The maximum Gasteiger partial charge on any atom is 0.264 e. The molecule has 4 aromatic carbocycles. The van der Waals surface area contributed by atoms with E-state index in [0.29, 0.717) is 11.4 Å². The zero-order valence-electron chi connectivity index (χ0n) is 20.1. The molecule has 178 valence electrons. The van der Waals surface area contributed by atoms with Crippen LogP contribution in [0.5, 0.6) is 0 Å². The predicted molar refractivity (Wildman–Crippen MR) is 142 cm³/mol. The van der Waals surface area contributed by atoms with Crippen molar-refractivity contribution in [3.05, 3.63) is 101 Å². The summed E-state index contributed by atoms with van der Waals surface area (Å²) in [6, 6.07) is 22.4. The number of hydrogen-bond acceptors (Lipinski definition) is 3. The van der Waals surface area contributed by atoms with Crippen LogP contribution in [0.15, 0.2) is 77.7 Å². The van der Waals surface area contributed by atoms with E-state index in [2.05, 4.69) is 17.4 Å². The summed E-state index contributed by atoms with van der Waals surface area (Å²) in [5.74, 6) is -0.390. The minimum atomic E-state index is -3.97. The first-order chi connectivity index (χ1) is 16.7. The molecule has 1 aliphatic carbocycles. The number of hydrogen-bond donors (Lipinski definition) is 1. The molecule has 0 atom stereocenters. The molecule has 35 heavy (non-hydrogen) atoms. The van der Waals surface area contributed by atoms with Crippen LogP contribution in [0.25, 0.3) is 10.8 Å². The topological polar surface area (TPSA) is 66.5 Å². The molecule has 0 aromatic heterocycles. The third-order valence-electron chi connectivity index (χ3n) is 6.54. The van der Waals surface area contributed by atoms with E-state index in [1.807, 2.05) is 45.0 Å². The van der Waals surface area contributed by atoms with Gasteiger partial charge in [0, 0.05) is 11.1 Å². The van der Waals surface area contributed by atoms with Crippen LogP contribution >= 0.6 is 0 Å². The molecular weight excluding hydrogens is 456 g/mol. The van der Waals surface area contributed by atoms with Gasteiger partial charge in [0.1, 0.15) is 6.54 Å². The van der Waals surface area contributed by atoms with E-state index in [1.54, 1.807) is 36.4 Å². The molecule has 5 nitrogen and oxygen atoms in total. The maximum absolute atomic E-state index is 13.7. The van der Waals surface area contributed by atoms with E-state index in [4.69, 9.17) is 0 Å². The molecule has 0 spiro atoms. The molecular formula is C29H28N2O3S. The highest BCUT2D eigenvalue weighted by Crippen LogP contribution is 2.35. The Morgan fingerprint density at radius 2 is 1.49 bits per heavy atom. The van der Waals surface area contributed by atoms with Gasteiger partial charge in [-0.05, 0) is 91.6 Å². The number of benzene rings is 4. The third-order valence-corrected chi connectivity index (χ3v) is 8.33. The number of sulfonamides is 1. The third kappa shape index (κ3) is 4.42. The van der Waals surface area contributed by atoms with Gasteiger partial charge in [0.15, 0.2) is 0 Å². The molecule has 0 heterocycles. The van der Waals surface area contributed by atoms with Crippen molar-refractivity contribution in [2.24, 2.45) is 0 Å². The average Bonchev–Trinajstić information content (AvgIpc) is 3.23. The molecule has 0 saturated heterocycles. The van der Waals surface area contributed by atoms with Crippen molar-refractivity contribution < 1.29 is 13.2 Å². The molecule has 0 bridgehead atoms. The number of rotatable bonds is 6. The molecule has 0 fully saturated rings. The van der Waals surface area contributed by atoms with E-state index >= 15 is 0 Å². The molecule has 0 aliphatic heterocycles. The van der Waals surface area contributed by atoms with Crippen LogP contribution in [0.2, 0.25) is 0 Å². The van der Waals surface area contributed by atoms with Crippen LogP contribution in [-0.2, 0) is 27.7 Å². The van der Waals surface area contributed by atoms with Gasteiger partial charge in [-0.25, -0.2) is 8.42 Å². The lowest BCUT2D eigenvalue weighted by Gasteiger charge is -2.25. The van der Waals surface area contributed by atoms with E-state index in [-0.39, 0.29) is 11.4 Å². The Morgan fingerprint density at radius 1 is 0.829 bits per heavy atom. The second kappa shape index (κ2) is 8.86. The number of carbonyl (C=O) groups excluding carboxylic acids is 1. The van der Waals surface area contributed by atoms with Gasteiger partial charge < -0.3 is 5.32 Å². The molecule has 1 N–H and O–H groups in total. The van der Waals surface area contributed by atoms with Gasteiger partial charge in [-0.3, -0.25) is 9.10 Å². The fourth-order valence-electron chi connectivity index (χ4n) is 4.92. The molecule has 0 saturated carbocycles. The van der Waals surface area contributed by atoms with Gasteiger partial charge in [0.25, 0.3) is 10.0 Å². The van der Waals surface area contributed by atoms with Crippen LogP contribution in [0.3, 0.4) is 0 Å². The molecule has 6 heteroatoms. The number of nitrogens with zero attached hydrogens (tertiary/aromatic N) is 1. The first-order valence-electron chi connectivity index (χ1n) is 11.7. The lowest BCUT2D eigenvalue weighted by atomic mass is 10.0. The van der Waals surface area contributed by atoms with Crippen LogP contribution in [0, 0.1) is 20.8 Å². The Hall–Kier alpha value is -3.64. The maximum atomic E-state index is 13.7. The average molecular weight is 485 g/mol. The van der Waals surface area contributed by atoms with Gasteiger partial charge >= 0.3 is 0 Å². The van der Waals surface area contributed by atoms with Crippen molar-refractivity contribution >= 4 is 38.1 Å². The molecule has 1 amide bonds. The summed E-state index contributed by atoms with van der Waals surface area (Å²) in [4.78, 5) is 13.5. The number of nitrogens with one attached hydrogen (secondary N) is 1. The van der Waals surface area contributed by atoms with Crippen molar-refractivity contribution in [3.8, 4) is 0 Å². The summed E-state index contributed by atoms with van der Waals surface area (Å²) in [5.41, 5.74) is 6.56. The highest BCUT2D eigenvalue weighted by atomic mass is 32.2. The Balaban J connectivity index is 1.51. The van der Waals surface area contributed by atoms with Crippen LogP contribution < -0.4 is 9.62 Å². The van der Waals surface area contributed by atoms with Gasteiger partial charge in [-0.2, -0.15) is 0 Å². The highest BCUT2D eigenvalue weighted by Gasteiger charge is 2.28.